The number of aliphatic carboxylic acids is 1. The number of nitrogens with one attached hydrogen (secondary N) is 1. The van der Waals surface area contributed by atoms with Gasteiger partial charge in [-0.25, -0.2) is 17.9 Å². The first-order chi connectivity index (χ1) is 15.3. The van der Waals surface area contributed by atoms with E-state index in [1.807, 2.05) is 42.2 Å². The molecule has 0 saturated carbocycles. The molecule has 1 atom stereocenters. The third kappa shape index (κ3) is 5.43. The number of carboxylic acids is 1. The second-order valence-corrected chi connectivity index (χ2v) is 9.80. The van der Waals surface area contributed by atoms with Gasteiger partial charge in [0.1, 0.15) is 16.9 Å². The van der Waals surface area contributed by atoms with Crippen LogP contribution in [-0.2, 0) is 14.8 Å². The van der Waals surface area contributed by atoms with Crippen molar-refractivity contribution in [1.29, 1.82) is 0 Å². The fraction of sp³-hybridized carbons (Fsp3) is 0.318. The molecule has 0 fully saturated rings. The predicted octanol–water partition coefficient (Wildman–Crippen LogP) is 4.67. The summed E-state index contributed by atoms with van der Waals surface area (Å²) in [5, 5.41) is 8.72. The Bertz CT molecular complexity index is 1110. The van der Waals surface area contributed by atoms with Crippen LogP contribution in [0.1, 0.15) is 26.2 Å². The summed E-state index contributed by atoms with van der Waals surface area (Å²) in [5.74, 6) is -3.20. The van der Waals surface area contributed by atoms with E-state index in [1.165, 1.54) is 17.8 Å². The second kappa shape index (κ2) is 10.4. The summed E-state index contributed by atoms with van der Waals surface area (Å²) in [6, 6.07) is 12.2. The van der Waals surface area contributed by atoms with Crippen LogP contribution in [0.2, 0.25) is 0 Å². The summed E-state index contributed by atoms with van der Waals surface area (Å²) >= 11 is 1.28. The number of benzene rings is 2. The van der Waals surface area contributed by atoms with Crippen LogP contribution >= 0.6 is 11.8 Å². The van der Waals surface area contributed by atoms with Gasteiger partial charge in [-0.1, -0.05) is 38.0 Å². The summed E-state index contributed by atoms with van der Waals surface area (Å²) < 4.78 is 48.0. The molecule has 2 aromatic rings. The van der Waals surface area contributed by atoms with Gasteiger partial charge in [0.25, 0.3) is 0 Å². The highest BCUT2D eigenvalue weighted by Gasteiger charge is 2.33. The first-order valence-corrected chi connectivity index (χ1v) is 12.8. The molecule has 0 aliphatic carbocycles. The fourth-order valence-corrected chi connectivity index (χ4v) is 5.47. The Morgan fingerprint density at radius 1 is 1.34 bits per heavy atom. The number of anilines is 2. The zero-order valence-corrected chi connectivity index (χ0v) is 19.4. The number of para-hydroxylation sites is 1. The van der Waals surface area contributed by atoms with Crippen molar-refractivity contribution in [2.45, 2.75) is 42.0 Å². The first-order valence-electron chi connectivity index (χ1n) is 10.1. The van der Waals surface area contributed by atoms with E-state index < -0.39 is 21.8 Å². The Morgan fingerprint density at radius 2 is 2.06 bits per heavy atom. The van der Waals surface area contributed by atoms with E-state index >= 15 is 0 Å². The Morgan fingerprint density at radius 3 is 2.69 bits per heavy atom. The topological polar surface area (TPSA) is 95.9 Å². The number of hydrogen-bond acceptors (Lipinski definition) is 6. The van der Waals surface area contributed by atoms with Crippen LogP contribution in [0.3, 0.4) is 0 Å². The molecule has 0 amide bonds. The maximum absolute atomic E-state index is 13.4. The molecule has 0 bridgehead atoms. The van der Waals surface area contributed by atoms with Crippen molar-refractivity contribution in [3.8, 4) is 5.75 Å². The highest BCUT2D eigenvalue weighted by Crippen LogP contribution is 2.41. The molecule has 1 heterocycles. The Labute approximate surface area is 191 Å². The summed E-state index contributed by atoms with van der Waals surface area (Å²) in [5.41, 5.74) is 1.31. The van der Waals surface area contributed by atoms with Crippen molar-refractivity contribution in [1.82, 2.24) is 4.72 Å². The van der Waals surface area contributed by atoms with Gasteiger partial charge >= 0.3 is 5.97 Å². The van der Waals surface area contributed by atoms with Gasteiger partial charge in [0.05, 0.1) is 10.6 Å². The number of halogens is 1. The molecular weight excluding hydrogens is 455 g/mol. The highest BCUT2D eigenvalue weighted by molar-refractivity contribution is 7.98. The van der Waals surface area contributed by atoms with Crippen LogP contribution in [0.5, 0.6) is 5.75 Å². The molecule has 3 rings (SSSR count). The molecule has 32 heavy (non-hydrogen) atoms. The largest absolute Gasteiger partial charge is 0.476 e. The highest BCUT2D eigenvalue weighted by atomic mass is 32.2. The van der Waals surface area contributed by atoms with Crippen molar-refractivity contribution < 1.29 is 27.4 Å². The van der Waals surface area contributed by atoms with Crippen LogP contribution in [0, 0.1) is 0 Å². The quantitative estimate of drug-likeness (QED) is 0.322. The Balaban J connectivity index is 2.16. The van der Waals surface area contributed by atoms with E-state index in [-0.39, 0.29) is 16.7 Å². The molecule has 1 unspecified atom stereocenters. The SMILES string of the molecule is CCCCC1CN(c2ccccc2)c2cc(SC)c(O/C=C(\F)C(=O)O)cc2S(=O)(=O)N1. The number of hydrogen-bond donors (Lipinski definition) is 2. The van der Waals surface area contributed by atoms with Gasteiger partial charge in [0.2, 0.25) is 15.9 Å². The lowest BCUT2D eigenvalue weighted by Crippen LogP contribution is -2.39. The van der Waals surface area contributed by atoms with Crippen molar-refractivity contribution in [3.63, 3.8) is 0 Å². The molecule has 2 N–H and O–H groups in total. The molecular formula is C22H25FN2O5S2. The minimum Gasteiger partial charge on any atom is -0.476 e. The molecule has 0 spiro atoms. The number of sulfonamides is 1. The fourth-order valence-electron chi connectivity index (χ4n) is 3.47. The van der Waals surface area contributed by atoms with Crippen LogP contribution in [0.25, 0.3) is 0 Å². The number of ether oxygens (including phenoxy) is 1. The predicted molar refractivity (Wildman–Crippen MR) is 123 cm³/mol. The molecule has 0 aromatic heterocycles. The maximum atomic E-state index is 13.4. The van der Waals surface area contributed by atoms with Gasteiger partial charge < -0.3 is 14.7 Å². The average Bonchev–Trinajstić information content (AvgIpc) is 2.89. The number of thioether (sulfide) groups is 1. The van der Waals surface area contributed by atoms with E-state index in [0.717, 1.165) is 18.5 Å². The van der Waals surface area contributed by atoms with Crippen molar-refractivity contribution in [2.75, 3.05) is 17.7 Å². The summed E-state index contributed by atoms with van der Waals surface area (Å²) in [7, 11) is -3.91. The minimum absolute atomic E-state index is 0.0164. The molecule has 7 nitrogen and oxygen atoms in total. The maximum Gasteiger partial charge on any atom is 0.368 e. The lowest BCUT2D eigenvalue weighted by molar-refractivity contribution is -0.134. The van der Waals surface area contributed by atoms with Gasteiger partial charge in [-0.05, 0) is 30.9 Å². The number of carbonyl (C=O) groups is 1. The van der Waals surface area contributed by atoms with Crippen molar-refractivity contribution >= 4 is 39.1 Å². The van der Waals surface area contributed by atoms with Crippen LogP contribution in [0.4, 0.5) is 15.8 Å². The molecule has 0 saturated heterocycles. The van der Waals surface area contributed by atoms with E-state index in [4.69, 9.17) is 9.84 Å². The second-order valence-electron chi connectivity index (χ2n) is 7.27. The first kappa shape index (κ1) is 24.1. The molecule has 2 aromatic carbocycles. The minimum atomic E-state index is -3.91. The molecule has 10 heteroatoms. The Kier molecular flexibility index (Phi) is 7.81. The number of carboxylic acid groups (broad SMARTS) is 1. The third-order valence-electron chi connectivity index (χ3n) is 5.02. The van der Waals surface area contributed by atoms with E-state index in [1.54, 1.807) is 12.3 Å². The summed E-state index contributed by atoms with van der Waals surface area (Å²) in [6.07, 6.45) is 4.71. The number of rotatable bonds is 8. The molecule has 172 valence electrons. The van der Waals surface area contributed by atoms with Gasteiger partial charge in [0, 0.05) is 24.3 Å². The van der Waals surface area contributed by atoms with Gasteiger partial charge in [0.15, 0.2) is 0 Å². The Hall–Kier alpha value is -2.56. The normalized spacial score (nSPS) is 18.0. The average molecular weight is 481 g/mol. The smallest absolute Gasteiger partial charge is 0.368 e. The van der Waals surface area contributed by atoms with Crippen LogP contribution < -0.4 is 14.4 Å². The number of fused-ring (bicyclic) bond motifs is 1. The van der Waals surface area contributed by atoms with Gasteiger partial charge in [-0.2, -0.15) is 4.39 Å². The van der Waals surface area contributed by atoms with E-state index in [0.29, 0.717) is 29.8 Å². The molecule has 0 radical (unpaired) electrons. The third-order valence-corrected chi connectivity index (χ3v) is 7.33. The number of unbranched alkanes of at least 4 members (excludes halogenated alkanes) is 1. The summed E-state index contributed by atoms with van der Waals surface area (Å²) in [6.45, 7) is 2.49. The van der Waals surface area contributed by atoms with Crippen molar-refractivity contribution in [2.24, 2.45) is 0 Å². The zero-order valence-electron chi connectivity index (χ0n) is 17.7. The van der Waals surface area contributed by atoms with E-state index in [2.05, 4.69) is 4.72 Å². The lowest BCUT2D eigenvalue weighted by Gasteiger charge is -2.27. The zero-order chi connectivity index (χ0) is 23.3. The van der Waals surface area contributed by atoms with Gasteiger partial charge in [-0.15, -0.1) is 11.8 Å². The standard InChI is InChI=1S/C22H25FN2O5S2/c1-3-4-8-15-13-25(16-9-6-5-7-10-16)18-11-20(31-2)19(30-14-17(23)22(26)27)12-21(18)32(28,29)24-15/h5-7,9-12,14-15,24H,3-4,8,13H2,1-2H3,(H,26,27)/b17-14-. The van der Waals surface area contributed by atoms with Crippen molar-refractivity contribution in [3.05, 3.63) is 54.6 Å². The summed E-state index contributed by atoms with van der Waals surface area (Å²) in [4.78, 5) is 13.2. The number of nitrogens with zero attached hydrogens (tertiary/aromatic N) is 1. The lowest BCUT2D eigenvalue weighted by atomic mass is 10.1. The monoisotopic (exact) mass is 480 g/mol. The molecule has 1 aliphatic heterocycles. The molecule has 1 aliphatic rings. The van der Waals surface area contributed by atoms with Crippen LogP contribution in [-0.4, -0.2) is 38.3 Å². The van der Waals surface area contributed by atoms with Gasteiger partial charge in [-0.3, -0.25) is 0 Å². The van der Waals surface area contributed by atoms with Crippen LogP contribution in [0.15, 0.2) is 64.3 Å². The van der Waals surface area contributed by atoms with E-state index in [9.17, 15) is 17.6 Å².